The first kappa shape index (κ1) is 17.4. The van der Waals surface area contributed by atoms with Gasteiger partial charge >= 0.3 is 0 Å². The maximum absolute atomic E-state index is 12.5. The first-order chi connectivity index (χ1) is 12.1. The molecule has 134 valence electrons. The van der Waals surface area contributed by atoms with Crippen molar-refractivity contribution in [3.05, 3.63) is 48.4 Å². The number of hydrogen-bond acceptors (Lipinski definition) is 6. The Labute approximate surface area is 146 Å². The van der Waals surface area contributed by atoms with Crippen molar-refractivity contribution in [3.63, 3.8) is 0 Å². The number of aryl methyl sites for hydroxylation is 1. The second kappa shape index (κ2) is 8.13. The van der Waals surface area contributed by atoms with Gasteiger partial charge in [-0.05, 0) is 12.1 Å². The lowest BCUT2D eigenvalue weighted by molar-refractivity contribution is -0.135. The van der Waals surface area contributed by atoms with Gasteiger partial charge in [-0.1, -0.05) is 23.4 Å². The molecule has 1 aromatic heterocycles. The lowest BCUT2D eigenvalue weighted by Crippen LogP contribution is -2.50. The molecule has 2 aromatic rings. The van der Waals surface area contributed by atoms with Gasteiger partial charge < -0.3 is 24.0 Å². The fourth-order valence-electron chi connectivity index (χ4n) is 2.71. The summed E-state index contributed by atoms with van der Waals surface area (Å²) in [7, 11) is 0. The molecule has 0 saturated carbocycles. The number of aromatic nitrogens is 1. The molecule has 7 nitrogen and oxygen atoms in total. The standard InChI is InChI=1S/C18H22N2O5/c21-17(7-6-16-8-9-19-25-16)20-10-11-23-13-18(22,12-20)14-24-15-4-2-1-3-5-15/h1-5,8-9,22H,6-7,10-14H2/t18-/m1/s1. The van der Waals surface area contributed by atoms with Crippen molar-refractivity contribution in [2.45, 2.75) is 18.4 Å². The van der Waals surface area contributed by atoms with Gasteiger partial charge in [0.05, 0.1) is 26.0 Å². The van der Waals surface area contributed by atoms with Gasteiger partial charge in [-0.2, -0.15) is 0 Å². The Kier molecular flexibility index (Phi) is 5.67. The van der Waals surface area contributed by atoms with Crippen molar-refractivity contribution in [3.8, 4) is 5.75 Å². The van der Waals surface area contributed by atoms with E-state index in [1.807, 2.05) is 30.3 Å². The summed E-state index contributed by atoms with van der Waals surface area (Å²) in [5, 5.41) is 14.4. The summed E-state index contributed by atoms with van der Waals surface area (Å²) in [6, 6.07) is 11.0. The van der Waals surface area contributed by atoms with Crippen molar-refractivity contribution >= 4 is 5.91 Å². The van der Waals surface area contributed by atoms with Crippen LogP contribution < -0.4 is 4.74 Å². The smallest absolute Gasteiger partial charge is 0.223 e. The van der Waals surface area contributed by atoms with Gasteiger partial charge in [0.25, 0.3) is 0 Å². The second-order valence-electron chi connectivity index (χ2n) is 6.17. The first-order valence-electron chi connectivity index (χ1n) is 8.30. The Morgan fingerprint density at radius 2 is 2.16 bits per heavy atom. The van der Waals surface area contributed by atoms with E-state index in [9.17, 15) is 9.90 Å². The van der Waals surface area contributed by atoms with E-state index < -0.39 is 5.60 Å². The van der Waals surface area contributed by atoms with Crippen LogP contribution in [0.2, 0.25) is 0 Å². The third kappa shape index (κ3) is 5.04. The van der Waals surface area contributed by atoms with Gasteiger partial charge in [0.15, 0.2) is 0 Å². The average molecular weight is 346 g/mol. The summed E-state index contributed by atoms with van der Waals surface area (Å²) < 4.78 is 16.1. The molecule has 1 saturated heterocycles. The number of hydrogen-bond donors (Lipinski definition) is 1. The molecule has 1 atom stereocenters. The van der Waals surface area contributed by atoms with Crippen LogP contribution in [0.4, 0.5) is 0 Å². The van der Waals surface area contributed by atoms with Crippen LogP contribution in [0.1, 0.15) is 12.2 Å². The molecular weight excluding hydrogens is 324 g/mol. The Balaban J connectivity index is 1.56. The summed E-state index contributed by atoms with van der Waals surface area (Å²) in [6.45, 7) is 1.20. The van der Waals surface area contributed by atoms with E-state index in [0.29, 0.717) is 37.5 Å². The Morgan fingerprint density at radius 3 is 2.92 bits per heavy atom. The van der Waals surface area contributed by atoms with Crippen molar-refractivity contribution in [1.29, 1.82) is 0 Å². The Morgan fingerprint density at radius 1 is 1.32 bits per heavy atom. The molecule has 1 aliphatic heterocycles. The molecule has 3 rings (SSSR count). The summed E-state index contributed by atoms with van der Waals surface area (Å²) in [6.07, 6.45) is 2.33. The molecule has 7 heteroatoms. The molecule has 25 heavy (non-hydrogen) atoms. The molecule has 1 amide bonds. The van der Waals surface area contributed by atoms with Crippen LogP contribution in [-0.2, 0) is 16.0 Å². The van der Waals surface area contributed by atoms with Crippen LogP contribution in [0.25, 0.3) is 0 Å². The Bertz CT molecular complexity index is 661. The number of β-amino-alcohol motifs (C(OH)–C–C–N with tert-alkyl or cyclic N) is 1. The number of amides is 1. The molecule has 2 heterocycles. The Hall–Kier alpha value is -2.38. The zero-order valence-electron chi connectivity index (χ0n) is 14.0. The van der Waals surface area contributed by atoms with E-state index in [1.165, 1.54) is 0 Å². The summed E-state index contributed by atoms with van der Waals surface area (Å²) in [5.41, 5.74) is -1.24. The molecule has 1 N–H and O–H groups in total. The number of carbonyl (C=O) groups excluding carboxylic acids is 1. The minimum atomic E-state index is -1.24. The normalized spacial score (nSPS) is 20.9. The number of para-hydroxylation sites is 1. The van der Waals surface area contributed by atoms with Gasteiger partial charge in [-0.25, -0.2) is 0 Å². The highest BCUT2D eigenvalue weighted by atomic mass is 16.5. The van der Waals surface area contributed by atoms with Gasteiger partial charge in [0.2, 0.25) is 5.91 Å². The van der Waals surface area contributed by atoms with Crippen LogP contribution in [0.5, 0.6) is 5.75 Å². The quantitative estimate of drug-likeness (QED) is 0.848. The summed E-state index contributed by atoms with van der Waals surface area (Å²) in [4.78, 5) is 14.1. The highest BCUT2D eigenvalue weighted by Crippen LogP contribution is 2.17. The maximum Gasteiger partial charge on any atom is 0.223 e. The second-order valence-corrected chi connectivity index (χ2v) is 6.17. The molecule has 0 radical (unpaired) electrons. The predicted octanol–water partition coefficient (Wildman–Crippen LogP) is 1.28. The summed E-state index contributed by atoms with van der Waals surface area (Å²) in [5.74, 6) is 1.28. The molecule has 1 fully saturated rings. The van der Waals surface area contributed by atoms with Gasteiger partial charge in [0.1, 0.15) is 23.7 Å². The fraction of sp³-hybridized carbons (Fsp3) is 0.444. The van der Waals surface area contributed by atoms with Crippen LogP contribution in [0.3, 0.4) is 0 Å². The lowest BCUT2D eigenvalue weighted by Gasteiger charge is -2.30. The summed E-state index contributed by atoms with van der Waals surface area (Å²) >= 11 is 0. The minimum absolute atomic E-state index is 0.0555. The van der Waals surface area contributed by atoms with E-state index in [0.717, 1.165) is 0 Å². The molecule has 1 aliphatic rings. The van der Waals surface area contributed by atoms with Gasteiger partial charge in [-0.15, -0.1) is 0 Å². The monoisotopic (exact) mass is 346 g/mol. The van der Waals surface area contributed by atoms with Gasteiger partial charge in [-0.3, -0.25) is 4.79 Å². The molecule has 0 bridgehead atoms. The zero-order valence-corrected chi connectivity index (χ0v) is 14.0. The number of nitrogens with zero attached hydrogens (tertiary/aromatic N) is 2. The van der Waals surface area contributed by atoms with E-state index in [1.54, 1.807) is 17.2 Å². The predicted molar refractivity (Wildman–Crippen MR) is 89.1 cm³/mol. The van der Waals surface area contributed by atoms with Crippen LogP contribution >= 0.6 is 0 Å². The zero-order chi connectivity index (χ0) is 17.5. The van der Waals surface area contributed by atoms with Crippen LogP contribution in [0, 0.1) is 0 Å². The average Bonchev–Trinajstić information content (AvgIpc) is 3.07. The van der Waals surface area contributed by atoms with Crippen molar-refractivity contribution in [2.24, 2.45) is 0 Å². The topological polar surface area (TPSA) is 85.0 Å². The molecule has 0 aliphatic carbocycles. The highest BCUT2D eigenvalue weighted by molar-refractivity contribution is 5.76. The number of carbonyl (C=O) groups is 1. The number of aliphatic hydroxyl groups is 1. The first-order valence-corrected chi connectivity index (χ1v) is 8.30. The third-order valence-electron chi connectivity index (χ3n) is 4.04. The minimum Gasteiger partial charge on any atom is -0.490 e. The van der Waals surface area contributed by atoms with Crippen molar-refractivity contribution in [1.82, 2.24) is 10.1 Å². The SMILES string of the molecule is O=C(CCc1ccno1)N1CCOC[C@@](O)(COc2ccccc2)C1. The molecule has 1 aromatic carbocycles. The van der Waals surface area contributed by atoms with E-state index in [-0.39, 0.29) is 25.7 Å². The van der Waals surface area contributed by atoms with E-state index in [4.69, 9.17) is 14.0 Å². The third-order valence-corrected chi connectivity index (χ3v) is 4.04. The van der Waals surface area contributed by atoms with Crippen LogP contribution in [0.15, 0.2) is 47.1 Å². The van der Waals surface area contributed by atoms with E-state index in [2.05, 4.69) is 5.16 Å². The molecule has 0 unspecified atom stereocenters. The number of rotatable bonds is 6. The molecule has 0 spiro atoms. The largest absolute Gasteiger partial charge is 0.490 e. The lowest BCUT2D eigenvalue weighted by atomic mass is 10.1. The van der Waals surface area contributed by atoms with E-state index >= 15 is 0 Å². The van der Waals surface area contributed by atoms with Gasteiger partial charge in [0, 0.05) is 25.5 Å². The number of ether oxygens (including phenoxy) is 2. The highest BCUT2D eigenvalue weighted by Gasteiger charge is 2.35. The maximum atomic E-state index is 12.5. The van der Waals surface area contributed by atoms with Crippen molar-refractivity contribution < 1.29 is 23.9 Å². The van der Waals surface area contributed by atoms with Crippen molar-refractivity contribution in [2.75, 3.05) is 32.9 Å². The van der Waals surface area contributed by atoms with Crippen LogP contribution in [-0.4, -0.2) is 59.6 Å². The fourth-order valence-corrected chi connectivity index (χ4v) is 2.71. The molecular formula is C18H22N2O5. The number of benzene rings is 1.